The van der Waals surface area contributed by atoms with E-state index in [0.717, 1.165) is 17.2 Å². The first-order valence-electron chi connectivity index (χ1n) is 6.74. The van der Waals surface area contributed by atoms with Gasteiger partial charge in [-0.05, 0) is 12.5 Å². The van der Waals surface area contributed by atoms with Crippen molar-refractivity contribution < 1.29 is 23.8 Å². The monoisotopic (exact) mass is 306 g/mol. The Hall–Kier alpha value is -2.46. The van der Waals surface area contributed by atoms with Crippen molar-refractivity contribution in [3.05, 3.63) is 29.8 Å². The minimum Gasteiger partial charge on any atom is -0.447 e. The number of rotatable bonds is 5. The van der Waals surface area contributed by atoms with E-state index in [1.807, 2.05) is 0 Å². The lowest BCUT2D eigenvalue weighted by Gasteiger charge is -2.24. The van der Waals surface area contributed by atoms with Gasteiger partial charge in [0.2, 0.25) is 5.91 Å². The van der Waals surface area contributed by atoms with Crippen molar-refractivity contribution in [1.29, 1.82) is 0 Å². The van der Waals surface area contributed by atoms with Crippen molar-refractivity contribution in [1.82, 2.24) is 9.88 Å². The van der Waals surface area contributed by atoms with Gasteiger partial charge >= 0.3 is 6.09 Å². The van der Waals surface area contributed by atoms with Gasteiger partial charge in [0.1, 0.15) is 12.4 Å². The number of carbonyl (C=O) groups is 2. The molecule has 0 aromatic carbocycles. The number of aliphatic hydroxyl groups is 1. The number of halogens is 1. The third-order valence-electron chi connectivity index (χ3n) is 3.39. The van der Waals surface area contributed by atoms with Crippen LogP contribution in [0.15, 0.2) is 18.5 Å². The van der Waals surface area contributed by atoms with E-state index >= 15 is 0 Å². The summed E-state index contributed by atoms with van der Waals surface area (Å²) in [6.45, 7) is 0.238. The molecule has 116 valence electrons. The van der Waals surface area contributed by atoms with Crippen molar-refractivity contribution in [3.63, 3.8) is 0 Å². The Labute approximate surface area is 126 Å². The lowest BCUT2D eigenvalue weighted by Crippen LogP contribution is -2.39. The minimum atomic E-state index is -1.31. The average Bonchev–Trinajstić information content (AvgIpc) is 2.93. The van der Waals surface area contributed by atoms with E-state index in [9.17, 15) is 19.1 Å². The highest BCUT2D eigenvalue weighted by Gasteiger charge is 2.37. The van der Waals surface area contributed by atoms with Crippen molar-refractivity contribution in [2.75, 3.05) is 13.2 Å². The number of ether oxygens (including phenoxy) is 1. The predicted molar refractivity (Wildman–Crippen MR) is 73.8 cm³/mol. The number of amides is 2. The van der Waals surface area contributed by atoms with Crippen LogP contribution in [0, 0.1) is 24.1 Å². The first-order chi connectivity index (χ1) is 10.5. The molecule has 1 aliphatic rings. The third kappa shape index (κ3) is 3.40. The van der Waals surface area contributed by atoms with Crippen LogP contribution in [0.3, 0.4) is 0 Å². The van der Waals surface area contributed by atoms with Gasteiger partial charge in [0.05, 0.1) is 24.8 Å². The molecule has 0 bridgehead atoms. The molecule has 2 rings (SSSR count). The summed E-state index contributed by atoms with van der Waals surface area (Å²) in [6.07, 6.45) is 5.80. The molecule has 0 radical (unpaired) electrons. The summed E-state index contributed by atoms with van der Waals surface area (Å²) in [6, 6.07) is 1.09. The van der Waals surface area contributed by atoms with E-state index < -0.39 is 29.8 Å². The second kappa shape index (κ2) is 7.00. The van der Waals surface area contributed by atoms with Gasteiger partial charge in [-0.3, -0.25) is 9.78 Å². The van der Waals surface area contributed by atoms with Crippen molar-refractivity contribution in [2.24, 2.45) is 5.92 Å². The molecule has 1 aromatic rings. The Morgan fingerprint density at radius 1 is 1.59 bits per heavy atom. The van der Waals surface area contributed by atoms with Crippen LogP contribution in [-0.2, 0) is 9.53 Å². The zero-order valence-corrected chi connectivity index (χ0v) is 11.7. The molecule has 1 fully saturated rings. The zero-order chi connectivity index (χ0) is 16.1. The minimum absolute atomic E-state index is 0.115. The van der Waals surface area contributed by atoms with Gasteiger partial charge in [0, 0.05) is 18.2 Å². The van der Waals surface area contributed by atoms with E-state index in [-0.39, 0.29) is 31.6 Å². The molecule has 1 saturated heterocycles. The van der Waals surface area contributed by atoms with E-state index in [1.54, 1.807) is 0 Å². The largest absolute Gasteiger partial charge is 0.447 e. The summed E-state index contributed by atoms with van der Waals surface area (Å²) in [4.78, 5) is 28.5. The summed E-state index contributed by atoms with van der Waals surface area (Å²) in [7, 11) is 0. The van der Waals surface area contributed by atoms with Crippen LogP contribution >= 0.6 is 0 Å². The molecule has 1 aliphatic heterocycles. The topological polar surface area (TPSA) is 79.7 Å². The second-order valence-electron chi connectivity index (χ2n) is 4.83. The first-order valence-corrected chi connectivity index (χ1v) is 6.74. The average molecular weight is 306 g/mol. The number of imide groups is 1. The van der Waals surface area contributed by atoms with Crippen molar-refractivity contribution in [3.8, 4) is 12.3 Å². The highest BCUT2D eigenvalue weighted by Crippen LogP contribution is 2.28. The molecule has 2 atom stereocenters. The number of hydrogen-bond donors (Lipinski definition) is 1. The maximum atomic E-state index is 13.2. The van der Waals surface area contributed by atoms with Crippen LogP contribution < -0.4 is 0 Å². The van der Waals surface area contributed by atoms with Crippen LogP contribution in [0.4, 0.5) is 9.18 Å². The standard InChI is InChI=1S/C15H15FN2O4/c1-2-3-4-12(14(20)18-5-6-22-15(18)21)13(19)10-7-11(16)9-17-8-10/h1,7-9,12-13,19H,3-6H2/t12-,13-/m1/s1. The molecular weight excluding hydrogens is 291 g/mol. The summed E-state index contributed by atoms with van der Waals surface area (Å²) in [5, 5.41) is 10.4. The lowest BCUT2D eigenvalue weighted by atomic mass is 9.91. The predicted octanol–water partition coefficient (Wildman–Crippen LogP) is 1.26. The molecule has 22 heavy (non-hydrogen) atoms. The van der Waals surface area contributed by atoms with Crippen LogP contribution in [0.1, 0.15) is 24.5 Å². The van der Waals surface area contributed by atoms with E-state index in [0.29, 0.717) is 0 Å². The summed E-state index contributed by atoms with van der Waals surface area (Å²) in [5.41, 5.74) is 0.155. The van der Waals surface area contributed by atoms with Gasteiger partial charge in [0.15, 0.2) is 0 Å². The number of aliphatic hydroxyl groups excluding tert-OH is 1. The molecule has 1 aromatic heterocycles. The first kappa shape index (κ1) is 15.9. The lowest BCUT2D eigenvalue weighted by molar-refractivity contribution is -0.136. The third-order valence-corrected chi connectivity index (χ3v) is 3.39. The Morgan fingerprint density at radius 2 is 2.36 bits per heavy atom. The van der Waals surface area contributed by atoms with Crippen molar-refractivity contribution >= 4 is 12.0 Å². The Balaban J connectivity index is 2.23. The van der Waals surface area contributed by atoms with Gasteiger partial charge < -0.3 is 9.84 Å². The highest BCUT2D eigenvalue weighted by molar-refractivity contribution is 5.94. The maximum Gasteiger partial charge on any atom is 0.416 e. The Kier molecular flexibility index (Phi) is 5.07. The molecule has 0 spiro atoms. The Bertz CT molecular complexity index is 614. The zero-order valence-electron chi connectivity index (χ0n) is 11.7. The summed E-state index contributed by atoms with van der Waals surface area (Å²) < 4.78 is 17.9. The molecule has 1 N–H and O–H groups in total. The van der Waals surface area contributed by atoms with Crippen LogP contribution in [0.5, 0.6) is 0 Å². The number of carbonyl (C=O) groups excluding carboxylic acids is 2. The van der Waals surface area contributed by atoms with Crippen LogP contribution in [0.2, 0.25) is 0 Å². The van der Waals surface area contributed by atoms with E-state index in [4.69, 9.17) is 11.2 Å². The van der Waals surface area contributed by atoms with Gasteiger partial charge in [-0.1, -0.05) is 0 Å². The second-order valence-corrected chi connectivity index (χ2v) is 4.83. The SMILES string of the molecule is C#CCC[C@@H](C(=O)N1CCOC1=O)[C@H](O)c1cncc(F)c1. The number of hydrogen-bond acceptors (Lipinski definition) is 5. The molecule has 6 nitrogen and oxygen atoms in total. The van der Waals surface area contributed by atoms with Gasteiger partial charge in [0.25, 0.3) is 0 Å². The van der Waals surface area contributed by atoms with Gasteiger partial charge in [-0.25, -0.2) is 14.1 Å². The number of aromatic nitrogens is 1. The van der Waals surface area contributed by atoms with Crippen molar-refractivity contribution in [2.45, 2.75) is 18.9 Å². The van der Waals surface area contributed by atoms with Gasteiger partial charge in [-0.2, -0.15) is 0 Å². The van der Waals surface area contributed by atoms with E-state index in [2.05, 4.69) is 10.9 Å². The fourth-order valence-electron chi connectivity index (χ4n) is 2.27. The smallest absolute Gasteiger partial charge is 0.416 e. The maximum absolute atomic E-state index is 13.2. The number of terminal acetylenes is 1. The quantitative estimate of drug-likeness (QED) is 0.829. The van der Waals surface area contributed by atoms with Crippen LogP contribution in [-0.4, -0.2) is 40.1 Å². The summed E-state index contributed by atoms with van der Waals surface area (Å²) >= 11 is 0. The normalized spacial score (nSPS) is 16.8. The molecule has 0 saturated carbocycles. The molecule has 7 heteroatoms. The summed E-state index contributed by atoms with van der Waals surface area (Å²) in [5.74, 6) is 0.204. The number of cyclic esters (lactones) is 1. The molecule has 2 amide bonds. The number of nitrogens with zero attached hydrogens (tertiary/aromatic N) is 2. The van der Waals surface area contributed by atoms with E-state index in [1.165, 1.54) is 6.20 Å². The highest BCUT2D eigenvalue weighted by atomic mass is 19.1. The van der Waals surface area contributed by atoms with Crippen LogP contribution in [0.25, 0.3) is 0 Å². The fourth-order valence-corrected chi connectivity index (χ4v) is 2.27. The molecule has 2 heterocycles. The molecular formula is C15H15FN2O4. The fraction of sp³-hybridized carbons (Fsp3) is 0.400. The van der Waals surface area contributed by atoms with Gasteiger partial charge in [-0.15, -0.1) is 12.3 Å². The Morgan fingerprint density at radius 3 is 2.95 bits per heavy atom. The molecule has 0 unspecified atom stereocenters. The number of pyridine rings is 1. The molecule has 0 aliphatic carbocycles.